The van der Waals surface area contributed by atoms with E-state index in [9.17, 15) is 0 Å². The molecule has 0 saturated heterocycles. The molecule has 0 bridgehead atoms. The van der Waals surface area contributed by atoms with Crippen molar-refractivity contribution in [1.29, 1.82) is 0 Å². The van der Waals surface area contributed by atoms with Gasteiger partial charge in [-0.1, -0.05) is 23.9 Å². The smallest absolute Gasteiger partial charge is 0.188 e. The number of rotatable bonds is 6. The molecule has 1 aliphatic rings. The van der Waals surface area contributed by atoms with Gasteiger partial charge in [0.15, 0.2) is 5.16 Å². The number of aromatic nitrogens is 2. The Balaban J connectivity index is 1.71. The Morgan fingerprint density at radius 1 is 1.62 bits per heavy atom. The van der Waals surface area contributed by atoms with Crippen LogP contribution in [0.1, 0.15) is 18.5 Å². The van der Waals surface area contributed by atoms with Crippen molar-refractivity contribution >= 4 is 11.8 Å². The van der Waals surface area contributed by atoms with E-state index in [4.69, 9.17) is 0 Å². The zero-order valence-corrected chi connectivity index (χ0v) is 10.4. The first kappa shape index (κ1) is 11.6. The number of thioether (sulfide) groups is 1. The molecule has 1 heterocycles. The third-order valence-corrected chi connectivity index (χ3v) is 3.40. The fraction of sp³-hybridized carbons (Fsp3) is 0.500. The summed E-state index contributed by atoms with van der Waals surface area (Å²) in [7, 11) is 0. The van der Waals surface area contributed by atoms with Crippen LogP contribution in [-0.2, 0) is 0 Å². The number of hydrogen-bond acceptors (Lipinski definition) is 4. The third kappa shape index (κ3) is 3.94. The van der Waals surface area contributed by atoms with Gasteiger partial charge in [0, 0.05) is 30.2 Å². The summed E-state index contributed by atoms with van der Waals surface area (Å²) in [5.41, 5.74) is 2.22. The molecule has 0 aliphatic heterocycles. The van der Waals surface area contributed by atoms with Crippen molar-refractivity contribution in [1.82, 2.24) is 15.3 Å². The second kappa shape index (κ2) is 5.46. The Morgan fingerprint density at radius 3 is 3.12 bits per heavy atom. The first-order valence-electron chi connectivity index (χ1n) is 5.56. The quantitative estimate of drug-likeness (QED) is 0.466. The molecule has 1 N–H and O–H groups in total. The first-order chi connectivity index (χ1) is 7.74. The molecule has 0 spiro atoms. The average molecular weight is 235 g/mol. The van der Waals surface area contributed by atoms with Crippen molar-refractivity contribution in [2.24, 2.45) is 0 Å². The number of aryl methyl sites for hydroxylation is 1. The summed E-state index contributed by atoms with van der Waals surface area (Å²) in [6.07, 6.45) is 4.44. The summed E-state index contributed by atoms with van der Waals surface area (Å²) in [5.74, 6) is 0.892. The molecule has 1 aliphatic carbocycles. The lowest BCUT2D eigenvalue weighted by atomic mass is 10.3. The van der Waals surface area contributed by atoms with Crippen molar-refractivity contribution in [2.45, 2.75) is 31.0 Å². The highest BCUT2D eigenvalue weighted by Gasteiger charge is 2.19. The van der Waals surface area contributed by atoms with Gasteiger partial charge in [0.2, 0.25) is 0 Å². The van der Waals surface area contributed by atoms with Gasteiger partial charge in [-0.15, -0.1) is 0 Å². The highest BCUT2D eigenvalue weighted by atomic mass is 32.2. The van der Waals surface area contributed by atoms with Gasteiger partial charge in [0.25, 0.3) is 0 Å². The average Bonchev–Trinajstić information content (AvgIpc) is 3.07. The summed E-state index contributed by atoms with van der Waals surface area (Å²) in [5, 5.41) is 4.29. The zero-order valence-electron chi connectivity index (χ0n) is 9.57. The van der Waals surface area contributed by atoms with Crippen molar-refractivity contribution in [3.05, 3.63) is 30.1 Å². The maximum absolute atomic E-state index is 4.34. The molecule has 0 unspecified atom stereocenters. The lowest BCUT2D eigenvalue weighted by Crippen LogP contribution is -2.19. The van der Waals surface area contributed by atoms with Crippen LogP contribution >= 0.6 is 11.8 Å². The Labute approximate surface area is 101 Å². The zero-order chi connectivity index (χ0) is 11.4. The van der Waals surface area contributed by atoms with E-state index in [1.807, 2.05) is 13.0 Å². The van der Waals surface area contributed by atoms with Crippen LogP contribution in [0.4, 0.5) is 0 Å². The number of hydrogen-bond donors (Lipinski definition) is 1. The van der Waals surface area contributed by atoms with E-state index in [1.54, 1.807) is 18.0 Å². The van der Waals surface area contributed by atoms with Crippen LogP contribution in [-0.4, -0.2) is 28.3 Å². The second-order valence-electron chi connectivity index (χ2n) is 4.17. The van der Waals surface area contributed by atoms with E-state index in [2.05, 4.69) is 21.9 Å². The minimum absolute atomic E-state index is 0.747. The molecule has 2 rings (SSSR count). The van der Waals surface area contributed by atoms with Crippen molar-refractivity contribution in [2.75, 3.05) is 12.3 Å². The summed E-state index contributed by atoms with van der Waals surface area (Å²) in [6, 6.07) is 2.66. The van der Waals surface area contributed by atoms with Crippen LogP contribution in [0.15, 0.2) is 29.6 Å². The highest BCUT2D eigenvalue weighted by Crippen LogP contribution is 2.20. The maximum atomic E-state index is 4.34. The molecule has 1 fully saturated rings. The molecule has 0 radical (unpaired) electrons. The predicted molar refractivity (Wildman–Crippen MR) is 67.7 cm³/mol. The van der Waals surface area contributed by atoms with E-state index in [1.165, 1.54) is 18.4 Å². The fourth-order valence-corrected chi connectivity index (χ4v) is 2.07. The van der Waals surface area contributed by atoms with Gasteiger partial charge >= 0.3 is 0 Å². The molecule has 0 atom stereocenters. The van der Waals surface area contributed by atoms with Gasteiger partial charge in [0.05, 0.1) is 0 Å². The molecule has 86 valence electrons. The van der Waals surface area contributed by atoms with E-state index in [0.717, 1.165) is 29.2 Å². The number of nitrogens with one attached hydrogen (secondary N) is 1. The Kier molecular flexibility index (Phi) is 3.96. The first-order valence-corrected chi connectivity index (χ1v) is 6.55. The molecule has 1 aromatic heterocycles. The Hall–Kier alpha value is -0.870. The SMILES string of the molecule is C=C(CNC1CC1)CSc1nccc(C)n1. The van der Waals surface area contributed by atoms with E-state index < -0.39 is 0 Å². The van der Waals surface area contributed by atoms with Crippen LogP contribution in [0.2, 0.25) is 0 Å². The molecule has 0 aromatic carbocycles. The van der Waals surface area contributed by atoms with Crippen LogP contribution in [0, 0.1) is 6.92 Å². The molecule has 3 nitrogen and oxygen atoms in total. The minimum atomic E-state index is 0.747. The Morgan fingerprint density at radius 2 is 2.44 bits per heavy atom. The van der Waals surface area contributed by atoms with E-state index >= 15 is 0 Å². The lowest BCUT2D eigenvalue weighted by molar-refractivity contribution is 0.736. The van der Waals surface area contributed by atoms with Crippen LogP contribution in [0.25, 0.3) is 0 Å². The number of nitrogens with zero attached hydrogens (tertiary/aromatic N) is 2. The Bertz CT molecular complexity index is 374. The van der Waals surface area contributed by atoms with Crippen LogP contribution in [0.5, 0.6) is 0 Å². The van der Waals surface area contributed by atoms with Crippen LogP contribution in [0.3, 0.4) is 0 Å². The predicted octanol–water partition coefficient (Wildman–Crippen LogP) is 2.19. The fourth-order valence-electron chi connectivity index (χ4n) is 1.29. The molecule has 16 heavy (non-hydrogen) atoms. The van der Waals surface area contributed by atoms with Gasteiger partial charge in [-0.2, -0.15) is 0 Å². The largest absolute Gasteiger partial charge is 0.310 e. The highest BCUT2D eigenvalue weighted by molar-refractivity contribution is 7.99. The van der Waals surface area contributed by atoms with Gasteiger partial charge in [-0.3, -0.25) is 0 Å². The van der Waals surface area contributed by atoms with Gasteiger partial charge in [-0.25, -0.2) is 9.97 Å². The third-order valence-electron chi connectivity index (χ3n) is 2.40. The van der Waals surface area contributed by atoms with Crippen molar-refractivity contribution in [3.8, 4) is 0 Å². The normalized spacial score (nSPS) is 15.1. The van der Waals surface area contributed by atoms with Gasteiger partial charge in [0.1, 0.15) is 0 Å². The van der Waals surface area contributed by atoms with Crippen molar-refractivity contribution < 1.29 is 0 Å². The van der Waals surface area contributed by atoms with Gasteiger partial charge in [-0.05, 0) is 25.8 Å². The molecule has 1 aromatic rings. The van der Waals surface area contributed by atoms with Gasteiger partial charge < -0.3 is 5.32 Å². The van der Waals surface area contributed by atoms with Crippen LogP contribution < -0.4 is 5.32 Å². The molecular weight excluding hydrogens is 218 g/mol. The standard InChI is InChI=1S/C12H17N3S/c1-9(7-14-11-3-4-11)8-16-12-13-6-5-10(2)15-12/h5-6,11,14H,1,3-4,7-8H2,2H3. The maximum Gasteiger partial charge on any atom is 0.188 e. The van der Waals surface area contributed by atoms with E-state index in [-0.39, 0.29) is 0 Å². The molecule has 4 heteroatoms. The summed E-state index contributed by atoms with van der Waals surface area (Å²) >= 11 is 1.65. The summed E-state index contributed by atoms with van der Waals surface area (Å²) < 4.78 is 0. The molecular formula is C12H17N3S. The molecule has 1 saturated carbocycles. The van der Waals surface area contributed by atoms with Crippen molar-refractivity contribution in [3.63, 3.8) is 0 Å². The summed E-state index contributed by atoms with van der Waals surface area (Å²) in [4.78, 5) is 8.55. The molecule has 0 amide bonds. The second-order valence-corrected chi connectivity index (χ2v) is 5.12. The monoisotopic (exact) mass is 235 g/mol. The summed E-state index contributed by atoms with van der Waals surface area (Å²) in [6.45, 7) is 6.95. The lowest BCUT2D eigenvalue weighted by Gasteiger charge is -2.05. The van der Waals surface area contributed by atoms with E-state index in [0.29, 0.717) is 0 Å². The minimum Gasteiger partial charge on any atom is -0.310 e. The topological polar surface area (TPSA) is 37.8 Å².